The van der Waals surface area contributed by atoms with E-state index < -0.39 is 5.92 Å². The number of alkyl halides is 2. The summed E-state index contributed by atoms with van der Waals surface area (Å²) in [6, 6.07) is 3.65. The van der Waals surface area contributed by atoms with E-state index in [1.54, 1.807) is 10.7 Å². The van der Waals surface area contributed by atoms with E-state index in [1.807, 2.05) is 19.9 Å². The van der Waals surface area contributed by atoms with E-state index in [-0.39, 0.29) is 25.5 Å². The molecule has 136 valence electrons. The predicted molar refractivity (Wildman–Crippen MR) is 90.2 cm³/mol. The van der Waals surface area contributed by atoms with Crippen LogP contribution in [0.25, 0.3) is 5.95 Å². The van der Waals surface area contributed by atoms with Crippen molar-refractivity contribution in [1.82, 2.24) is 19.7 Å². The van der Waals surface area contributed by atoms with E-state index in [1.165, 1.54) is 0 Å². The number of halogens is 2. The zero-order valence-corrected chi connectivity index (χ0v) is 14.5. The lowest BCUT2D eigenvalue weighted by molar-refractivity contribution is -0.0361. The zero-order valence-electron chi connectivity index (χ0n) is 14.5. The number of nitrogens with one attached hydrogen (secondary N) is 1. The van der Waals surface area contributed by atoms with Gasteiger partial charge in [0.15, 0.2) is 0 Å². The van der Waals surface area contributed by atoms with Gasteiger partial charge in [-0.2, -0.15) is 10.1 Å². The summed E-state index contributed by atoms with van der Waals surface area (Å²) in [7, 11) is 0. The number of aliphatic hydroxyl groups is 1. The monoisotopic (exact) mass is 351 g/mol. The van der Waals surface area contributed by atoms with E-state index in [0.717, 1.165) is 11.4 Å². The molecule has 0 atom stereocenters. The van der Waals surface area contributed by atoms with E-state index in [0.29, 0.717) is 36.7 Å². The molecule has 0 bridgehead atoms. The molecule has 0 unspecified atom stereocenters. The minimum absolute atomic E-state index is 0.0251. The third-order valence-corrected chi connectivity index (χ3v) is 4.40. The van der Waals surface area contributed by atoms with E-state index in [4.69, 9.17) is 0 Å². The number of nitrogens with zero attached hydrogens (tertiary/aromatic N) is 4. The van der Waals surface area contributed by atoms with Crippen molar-refractivity contribution in [3.8, 4) is 5.95 Å². The first-order chi connectivity index (χ1) is 11.9. The number of aromatic nitrogens is 4. The van der Waals surface area contributed by atoms with Crippen molar-refractivity contribution in [2.24, 2.45) is 0 Å². The fourth-order valence-electron chi connectivity index (χ4n) is 3.12. The molecule has 0 spiro atoms. The quantitative estimate of drug-likeness (QED) is 0.866. The molecule has 0 saturated heterocycles. The van der Waals surface area contributed by atoms with Crippen molar-refractivity contribution in [3.05, 3.63) is 29.2 Å². The molecular formula is C17H23F2N5O. The molecule has 25 heavy (non-hydrogen) atoms. The Morgan fingerprint density at radius 3 is 2.56 bits per heavy atom. The number of hydrogen-bond acceptors (Lipinski definition) is 5. The molecule has 1 saturated carbocycles. The average molecular weight is 351 g/mol. The fraction of sp³-hybridized carbons (Fsp3) is 0.588. The molecule has 0 amide bonds. The van der Waals surface area contributed by atoms with Crippen molar-refractivity contribution in [2.75, 3.05) is 11.9 Å². The Morgan fingerprint density at radius 2 is 1.96 bits per heavy atom. The molecule has 0 aliphatic heterocycles. The summed E-state index contributed by atoms with van der Waals surface area (Å²) < 4.78 is 28.3. The van der Waals surface area contributed by atoms with Gasteiger partial charge in [0.05, 0.1) is 11.4 Å². The van der Waals surface area contributed by atoms with Crippen LogP contribution in [-0.2, 0) is 6.42 Å². The molecule has 1 aliphatic carbocycles. The molecule has 1 fully saturated rings. The summed E-state index contributed by atoms with van der Waals surface area (Å²) in [5, 5.41) is 16.9. The Labute approximate surface area is 145 Å². The molecule has 2 aromatic heterocycles. The van der Waals surface area contributed by atoms with Crippen LogP contribution in [0.15, 0.2) is 12.1 Å². The van der Waals surface area contributed by atoms with Gasteiger partial charge in [-0.3, -0.25) is 0 Å². The van der Waals surface area contributed by atoms with Gasteiger partial charge in [-0.15, -0.1) is 0 Å². The number of hydrogen-bond donors (Lipinski definition) is 2. The lowest BCUT2D eigenvalue weighted by Crippen LogP contribution is -2.32. The van der Waals surface area contributed by atoms with Crippen molar-refractivity contribution >= 4 is 5.82 Å². The summed E-state index contributed by atoms with van der Waals surface area (Å²) in [4.78, 5) is 8.95. The van der Waals surface area contributed by atoms with Gasteiger partial charge in [-0.1, -0.05) is 0 Å². The van der Waals surface area contributed by atoms with Gasteiger partial charge in [0.25, 0.3) is 5.95 Å². The Kier molecular flexibility index (Phi) is 4.99. The van der Waals surface area contributed by atoms with Crippen LogP contribution in [0, 0.1) is 13.8 Å². The number of anilines is 1. The summed E-state index contributed by atoms with van der Waals surface area (Å²) in [6.45, 7) is 3.78. The second-order valence-corrected chi connectivity index (χ2v) is 6.63. The minimum Gasteiger partial charge on any atom is -0.396 e. The second-order valence-electron chi connectivity index (χ2n) is 6.63. The van der Waals surface area contributed by atoms with Crippen LogP contribution in [0.2, 0.25) is 0 Å². The smallest absolute Gasteiger partial charge is 0.252 e. The number of aliphatic hydroxyl groups excluding tert-OH is 1. The molecule has 1 aliphatic rings. The van der Waals surface area contributed by atoms with Crippen LogP contribution < -0.4 is 5.32 Å². The first kappa shape index (κ1) is 17.7. The van der Waals surface area contributed by atoms with Gasteiger partial charge < -0.3 is 10.4 Å². The SMILES string of the molecule is Cc1cc(C)n(-c2nc(CCO)cc(NC3CCC(F)(F)CC3)n2)n1. The maximum atomic E-state index is 13.3. The minimum atomic E-state index is -2.55. The fourth-order valence-corrected chi connectivity index (χ4v) is 3.12. The van der Waals surface area contributed by atoms with Crippen molar-refractivity contribution in [1.29, 1.82) is 0 Å². The number of aryl methyl sites for hydroxylation is 2. The van der Waals surface area contributed by atoms with Crippen LogP contribution in [0.1, 0.15) is 42.8 Å². The van der Waals surface area contributed by atoms with Crippen molar-refractivity contribution in [2.45, 2.75) is 57.9 Å². The molecule has 3 rings (SSSR count). The van der Waals surface area contributed by atoms with Crippen LogP contribution in [0.4, 0.5) is 14.6 Å². The van der Waals surface area contributed by atoms with E-state index in [9.17, 15) is 13.9 Å². The molecule has 8 heteroatoms. The van der Waals surface area contributed by atoms with Crippen LogP contribution in [0.3, 0.4) is 0 Å². The Hall–Kier alpha value is -2.09. The van der Waals surface area contributed by atoms with Crippen LogP contribution >= 0.6 is 0 Å². The Balaban J connectivity index is 1.85. The van der Waals surface area contributed by atoms with Gasteiger partial charge in [0.2, 0.25) is 5.92 Å². The Bertz CT molecular complexity index is 737. The van der Waals surface area contributed by atoms with Gasteiger partial charge in [-0.25, -0.2) is 18.4 Å². The highest BCUT2D eigenvalue weighted by molar-refractivity contribution is 5.40. The highest BCUT2D eigenvalue weighted by Crippen LogP contribution is 2.34. The maximum absolute atomic E-state index is 13.3. The third kappa shape index (κ3) is 4.31. The third-order valence-electron chi connectivity index (χ3n) is 4.40. The summed E-state index contributed by atoms with van der Waals surface area (Å²) in [6.07, 6.45) is 0.989. The summed E-state index contributed by atoms with van der Waals surface area (Å²) >= 11 is 0. The second kappa shape index (κ2) is 7.03. The molecule has 2 aromatic rings. The van der Waals surface area contributed by atoms with E-state index >= 15 is 0 Å². The summed E-state index contributed by atoms with van der Waals surface area (Å²) in [5.74, 6) is -1.56. The normalized spacial score (nSPS) is 17.6. The molecule has 0 radical (unpaired) electrons. The van der Waals surface area contributed by atoms with Crippen molar-refractivity contribution in [3.63, 3.8) is 0 Å². The average Bonchev–Trinajstić information content (AvgIpc) is 2.88. The topological polar surface area (TPSA) is 75.9 Å². The first-order valence-corrected chi connectivity index (χ1v) is 8.53. The molecule has 2 N–H and O–H groups in total. The molecule has 2 heterocycles. The van der Waals surface area contributed by atoms with E-state index in [2.05, 4.69) is 20.4 Å². The zero-order chi connectivity index (χ0) is 18.0. The summed E-state index contributed by atoms with van der Waals surface area (Å²) in [5.41, 5.74) is 2.45. The highest BCUT2D eigenvalue weighted by Gasteiger charge is 2.35. The first-order valence-electron chi connectivity index (χ1n) is 8.53. The molecule has 0 aromatic carbocycles. The van der Waals surface area contributed by atoms with Gasteiger partial charge in [0, 0.05) is 43.7 Å². The van der Waals surface area contributed by atoms with Gasteiger partial charge >= 0.3 is 0 Å². The van der Waals surface area contributed by atoms with Crippen LogP contribution in [-0.4, -0.2) is 43.4 Å². The highest BCUT2D eigenvalue weighted by atomic mass is 19.3. The predicted octanol–water partition coefficient (Wildman–Crippen LogP) is 2.80. The molecule has 6 nitrogen and oxygen atoms in total. The van der Waals surface area contributed by atoms with Crippen molar-refractivity contribution < 1.29 is 13.9 Å². The Morgan fingerprint density at radius 1 is 1.24 bits per heavy atom. The van der Waals surface area contributed by atoms with Crippen LogP contribution in [0.5, 0.6) is 0 Å². The standard InChI is InChI=1S/C17H23F2N5O/c1-11-9-12(2)24(23-11)16-21-14(5-8-25)10-15(22-16)20-13-3-6-17(18,19)7-4-13/h9-10,13,25H,3-8H2,1-2H3,(H,20,21,22). The van der Waals surface area contributed by atoms with Gasteiger partial charge in [-0.05, 0) is 32.8 Å². The lowest BCUT2D eigenvalue weighted by atomic mass is 9.92. The number of rotatable bonds is 5. The van der Waals surface area contributed by atoms with Gasteiger partial charge in [0.1, 0.15) is 5.82 Å². The maximum Gasteiger partial charge on any atom is 0.252 e. The molecular weight excluding hydrogens is 328 g/mol. The lowest BCUT2D eigenvalue weighted by Gasteiger charge is -2.29. The largest absolute Gasteiger partial charge is 0.396 e.